The number of hydrogen-bond acceptors (Lipinski definition) is 4. The molecule has 2 aliphatic heterocycles. The summed E-state index contributed by atoms with van der Waals surface area (Å²) in [6.45, 7) is 18.7. The van der Waals surface area contributed by atoms with Crippen LogP contribution in [0.25, 0.3) is 9.69 Å². The summed E-state index contributed by atoms with van der Waals surface area (Å²) in [4.78, 5) is 35.0. The molecule has 25 heavy (non-hydrogen) atoms. The van der Waals surface area contributed by atoms with Gasteiger partial charge in [0, 0.05) is 39.0 Å². The molecule has 8 nitrogen and oxygen atoms in total. The van der Waals surface area contributed by atoms with Gasteiger partial charge in [-0.25, -0.2) is 13.1 Å². The number of amides is 2. The van der Waals surface area contributed by atoms with E-state index in [1.165, 1.54) is 0 Å². The highest BCUT2D eigenvalue weighted by atomic mass is 16.5. The van der Waals surface area contributed by atoms with E-state index < -0.39 is 12.1 Å². The zero-order chi connectivity index (χ0) is 18.1. The second-order valence-corrected chi connectivity index (χ2v) is 6.10. The van der Waals surface area contributed by atoms with Crippen molar-refractivity contribution < 1.29 is 19.1 Å². The Hall–Kier alpha value is -2.16. The van der Waals surface area contributed by atoms with Crippen molar-refractivity contribution >= 4 is 11.8 Å². The van der Waals surface area contributed by atoms with E-state index in [9.17, 15) is 9.59 Å². The van der Waals surface area contributed by atoms with Crippen LogP contribution in [0.3, 0.4) is 0 Å². The van der Waals surface area contributed by atoms with Crippen LogP contribution < -0.4 is 0 Å². The van der Waals surface area contributed by atoms with Gasteiger partial charge in [0.15, 0.2) is 0 Å². The highest BCUT2D eigenvalue weighted by molar-refractivity contribution is 5.84. The fourth-order valence-electron chi connectivity index (χ4n) is 2.98. The third-order valence-electron chi connectivity index (χ3n) is 4.48. The standard InChI is InChI=1S/C17H24N4O4/c1-18-14(16(22)20-6-10-24-11-7-20)4-3-5-15(19-2)17(23)21-8-12-25-13-9-21/h14-15H,3-13H2. The summed E-state index contributed by atoms with van der Waals surface area (Å²) < 4.78 is 10.4. The molecule has 2 fully saturated rings. The smallest absolute Gasteiger partial charge is 0.305 e. The summed E-state index contributed by atoms with van der Waals surface area (Å²) in [6.07, 6.45) is 1.26. The molecule has 0 radical (unpaired) electrons. The van der Waals surface area contributed by atoms with Gasteiger partial charge in [-0.05, 0) is 6.42 Å². The second kappa shape index (κ2) is 9.97. The van der Waals surface area contributed by atoms with Crippen molar-refractivity contribution in [2.75, 3.05) is 52.6 Å². The van der Waals surface area contributed by atoms with Gasteiger partial charge < -0.3 is 29.0 Å². The number of carbonyl (C=O) groups is 2. The first-order chi connectivity index (χ1) is 12.2. The van der Waals surface area contributed by atoms with E-state index in [2.05, 4.69) is 9.69 Å². The fourth-order valence-corrected chi connectivity index (χ4v) is 2.98. The predicted molar refractivity (Wildman–Crippen MR) is 89.4 cm³/mol. The summed E-state index contributed by atoms with van der Waals surface area (Å²) >= 11 is 0. The van der Waals surface area contributed by atoms with Gasteiger partial charge in [-0.3, -0.25) is 9.59 Å². The molecule has 0 bridgehead atoms. The Labute approximate surface area is 148 Å². The molecule has 2 aliphatic rings. The third kappa shape index (κ3) is 5.42. The van der Waals surface area contributed by atoms with Gasteiger partial charge >= 0.3 is 23.9 Å². The van der Waals surface area contributed by atoms with Gasteiger partial charge in [0.2, 0.25) is 0 Å². The van der Waals surface area contributed by atoms with Gasteiger partial charge in [0.25, 0.3) is 0 Å². The quantitative estimate of drug-likeness (QED) is 0.654. The van der Waals surface area contributed by atoms with Gasteiger partial charge in [0.1, 0.15) is 0 Å². The molecule has 0 spiro atoms. The number of hydrogen-bond donors (Lipinski definition) is 0. The van der Waals surface area contributed by atoms with E-state index in [0.717, 1.165) is 0 Å². The van der Waals surface area contributed by atoms with Crippen LogP contribution in [0, 0.1) is 13.1 Å². The number of ether oxygens (including phenoxy) is 2. The average Bonchev–Trinajstić information content (AvgIpc) is 2.68. The summed E-state index contributed by atoms with van der Waals surface area (Å²) in [5.41, 5.74) is 0. The molecule has 2 rings (SSSR count). The monoisotopic (exact) mass is 348 g/mol. The van der Waals surface area contributed by atoms with Crippen molar-refractivity contribution in [3.63, 3.8) is 0 Å². The van der Waals surface area contributed by atoms with Crippen molar-refractivity contribution in [1.29, 1.82) is 0 Å². The zero-order valence-electron chi connectivity index (χ0n) is 14.4. The van der Waals surface area contributed by atoms with E-state index in [4.69, 9.17) is 22.6 Å². The summed E-state index contributed by atoms with van der Waals surface area (Å²) in [7, 11) is 0. The SMILES string of the molecule is [C-]#[N+]C(CCCC([N+]#[C-])C(=O)N1CCOCC1)C(=O)N1CCOCC1. The number of rotatable bonds is 6. The Bertz CT molecular complexity index is 494. The van der Waals surface area contributed by atoms with Crippen molar-refractivity contribution in [1.82, 2.24) is 9.80 Å². The largest absolute Gasteiger partial charge is 0.378 e. The van der Waals surface area contributed by atoms with Crippen LogP contribution in [-0.2, 0) is 19.1 Å². The van der Waals surface area contributed by atoms with Crippen LogP contribution in [0.15, 0.2) is 0 Å². The lowest BCUT2D eigenvalue weighted by Crippen LogP contribution is -2.45. The number of morpholine rings is 2. The van der Waals surface area contributed by atoms with Crippen molar-refractivity contribution in [2.24, 2.45) is 0 Å². The molecule has 0 N–H and O–H groups in total. The minimum Gasteiger partial charge on any atom is -0.378 e. The van der Waals surface area contributed by atoms with E-state index in [1.807, 2.05) is 0 Å². The van der Waals surface area contributed by atoms with Crippen LogP contribution >= 0.6 is 0 Å². The minimum absolute atomic E-state index is 0.169. The van der Waals surface area contributed by atoms with Crippen LogP contribution in [-0.4, -0.2) is 86.3 Å². The molecule has 2 heterocycles. The van der Waals surface area contributed by atoms with E-state index in [-0.39, 0.29) is 11.8 Å². The molecule has 2 atom stereocenters. The van der Waals surface area contributed by atoms with E-state index >= 15 is 0 Å². The predicted octanol–water partition coefficient (Wildman–Crippen LogP) is 0.450. The van der Waals surface area contributed by atoms with Crippen LogP contribution in [0.5, 0.6) is 0 Å². The molecule has 0 aromatic carbocycles. The maximum atomic E-state index is 12.4. The fraction of sp³-hybridized carbons (Fsp3) is 0.765. The van der Waals surface area contributed by atoms with Gasteiger partial charge in [-0.15, -0.1) is 0 Å². The summed E-state index contributed by atoms with van der Waals surface area (Å²) in [5.74, 6) is -0.339. The third-order valence-corrected chi connectivity index (χ3v) is 4.48. The highest BCUT2D eigenvalue weighted by Crippen LogP contribution is 2.15. The van der Waals surface area contributed by atoms with Gasteiger partial charge in [-0.2, -0.15) is 0 Å². The Balaban J connectivity index is 1.79. The van der Waals surface area contributed by atoms with Crippen LogP contribution in [0.1, 0.15) is 19.3 Å². The minimum atomic E-state index is -0.733. The molecule has 2 unspecified atom stereocenters. The maximum Gasteiger partial charge on any atom is 0.305 e. The first-order valence-corrected chi connectivity index (χ1v) is 8.63. The lowest BCUT2D eigenvalue weighted by molar-refractivity contribution is -0.136. The molecule has 0 aliphatic carbocycles. The molecule has 0 aromatic rings. The van der Waals surface area contributed by atoms with Crippen LogP contribution in [0.4, 0.5) is 0 Å². The lowest BCUT2D eigenvalue weighted by atomic mass is 10.0. The summed E-state index contributed by atoms with van der Waals surface area (Å²) in [5, 5.41) is 0. The normalized spacial score (nSPS) is 20.2. The Kier molecular flexibility index (Phi) is 7.65. The second-order valence-electron chi connectivity index (χ2n) is 6.10. The van der Waals surface area contributed by atoms with Crippen molar-refractivity contribution in [3.05, 3.63) is 22.8 Å². The molecular formula is C17H24N4O4. The number of carbonyl (C=O) groups excluding carboxylic acids is 2. The van der Waals surface area contributed by atoms with Crippen LogP contribution in [0.2, 0.25) is 0 Å². The molecule has 2 amide bonds. The molecule has 8 heteroatoms. The zero-order valence-corrected chi connectivity index (χ0v) is 14.4. The number of nitrogens with zero attached hydrogens (tertiary/aromatic N) is 4. The first kappa shape index (κ1) is 19.2. The maximum absolute atomic E-state index is 12.4. The molecular weight excluding hydrogens is 324 g/mol. The van der Waals surface area contributed by atoms with Crippen molar-refractivity contribution in [2.45, 2.75) is 31.3 Å². The topological polar surface area (TPSA) is 67.8 Å². The first-order valence-electron chi connectivity index (χ1n) is 8.63. The molecule has 136 valence electrons. The Morgan fingerprint density at radius 3 is 1.48 bits per heavy atom. The highest BCUT2D eigenvalue weighted by Gasteiger charge is 2.33. The van der Waals surface area contributed by atoms with E-state index in [0.29, 0.717) is 71.9 Å². The van der Waals surface area contributed by atoms with Gasteiger partial charge in [0.05, 0.1) is 26.4 Å². The van der Waals surface area contributed by atoms with E-state index in [1.54, 1.807) is 9.80 Å². The summed E-state index contributed by atoms with van der Waals surface area (Å²) in [6, 6.07) is -1.47. The van der Waals surface area contributed by atoms with Crippen molar-refractivity contribution in [3.8, 4) is 0 Å². The average molecular weight is 348 g/mol. The lowest BCUT2D eigenvalue weighted by Gasteiger charge is -2.27. The molecule has 0 aromatic heterocycles. The van der Waals surface area contributed by atoms with Gasteiger partial charge in [-0.1, -0.05) is 0 Å². The molecule has 2 saturated heterocycles. The Morgan fingerprint density at radius 2 is 1.16 bits per heavy atom. The molecule has 0 saturated carbocycles. The Morgan fingerprint density at radius 1 is 0.800 bits per heavy atom.